The number of ether oxygens (including phenoxy) is 1. The van der Waals surface area contributed by atoms with Crippen LogP contribution in [0.25, 0.3) is 11.3 Å². The van der Waals surface area contributed by atoms with Gasteiger partial charge in [-0.1, -0.05) is 35.0 Å². The molecule has 0 aliphatic carbocycles. The molecule has 3 aromatic rings. The van der Waals surface area contributed by atoms with E-state index in [0.29, 0.717) is 22.8 Å². The number of hydrogen-bond acceptors (Lipinski definition) is 6. The lowest BCUT2D eigenvalue weighted by molar-refractivity contribution is 0.0602. The molecule has 6 nitrogen and oxygen atoms in total. The maximum Gasteiger partial charge on any atom is 0.345 e. The summed E-state index contributed by atoms with van der Waals surface area (Å²) >= 11 is 5.90. The molecule has 0 saturated heterocycles. The summed E-state index contributed by atoms with van der Waals surface area (Å²) in [5, 5.41) is 7.62. The van der Waals surface area contributed by atoms with Gasteiger partial charge in [0, 0.05) is 16.8 Å². The number of carbonyl (C=O) groups is 1. The van der Waals surface area contributed by atoms with E-state index in [4.69, 9.17) is 20.9 Å². The number of anilines is 1. The van der Waals surface area contributed by atoms with Crippen LogP contribution < -0.4 is 5.32 Å². The van der Waals surface area contributed by atoms with Crippen molar-refractivity contribution in [2.24, 2.45) is 0 Å². The van der Waals surface area contributed by atoms with Crippen molar-refractivity contribution in [2.75, 3.05) is 12.4 Å². The Morgan fingerprint density at radius 1 is 1.25 bits per heavy atom. The van der Waals surface area contributed by atoms with Gasteiger partial charge in [-0.25, -0.2) is 4.79 Å². The first-order valence-corrected chi connectivity index (χ1v) is 7.54. The number of halogens is 1. The lowest BCUT2D eigenvalue weighted by Gasteiger charge is -2.05. The number of hydrogen-bond donors (Lipinski definition) is 1. The summed E-state index contributed by atoms with van der Waals surface area (Å²) in [6, 6.07) is 12.5. The fourth-order valence-electron chi connectivity index (χ4n) is 2.18. The maximum atomic E-state index is 12.2. The van der Waals surface area contributed by atoms with Gasteiger partial charge in [0.15, 0.2) is 5.56 Å². The third-order valence-electron chi connectivity index (χ3n) is 3.36. The Kier molecular flexibility index (Phi) is 4.77. The molecule has 1 aromatic carbocycles. The number of pyridine rings is 1. The van der Waals surface area contributed by atoms with Crippen LogP contribution in [0.15, 0.2) is 53.2 Å². The summed E-state index contributed by atoms with van der Waals surface area (Å²) in [6.07, 6.45) is 1.69. The molecule has 0 saturated carbocycles. The number of aromatic nitrogens is 2. The highest BCUT2D eigenvalue weighted by Gasteiger charge is 2.24. The normalized spacial score (nSPS) is 10.4. The molecule has 0 unspecified atom stereocenters. The zero-order valence-electron chi connectivity index (χ0n) is 12.8. The van der Waals surface area contributed by atoms with Crippen molar-refractivity contribution < 1.29 is 14.1 Å². The van der Waals surface area contributed by atoms with E-state index < -0.39 is 5.97 Å². The molecule has 122 valence electrons. The van der Waals surface area contributed by atoms with Crippen LogP contribution >= 0.6 is 11.6 Å². The Labute approximate surface area is 143 Å². The SMILES string of the molecule is COC(=O)c1c(-c2ccc(Cl)cc2)noc1NCc1ccccn1. The predicted molar refractivity (Wildman–Crippen MR) is 89.9 cm³/mol. The minimum Gasteiger partial charge on any atom is -0.465 e. The van der Waals surface area contributed by atoms with Crippen molar-refractivity contribution >= 4 is 23.5 Å². The van der Waals surface area contributed by atoms with E-state index in [1.807, 2.05) is 18.2 Å². The first-order chi connectivity index (χ1) is 11.7. The molecule has 0 radical (unpaired) electrons. The number of nitrogens with zero attached hydrogens (tertiary/aromatic N) is 2. The van der Waals surface area contributed by atoms with Gasteiger partial charge in [-0.3, -0.25) is 4.98 Å². The quantitative estimate of drug-likeness (QED) is 0.710. The van der Waals surface area contributed by atoms with Crippen LogP contribution in [0.5, 0.6) is 0 Å². The molecule has 2 aromatic heterocycles. The third-order valence-corrected chi connectivity index (χ3v) is 3.61. The molecule has 0 aliphatic rings. The average molecular weight is 344 g/mol. The standard InChI is InChI=1S/C17H14ClN3O3/c1-23-17(22)14-15(11-5-7-12(18)8-6-11)21-24-16(14)20-10-13-4-2-3-9-19-13/h2-9,20H,10H2,1H3. The molecule has 0 atom stereocenters. The monoisotopic (exact) mass is 343 g/mol. The minimum absolute atomic E-state index is 0.232. The highest BCUT2D eigenvalue weighted by Crippen LogP contribution is 2.30. The van der Waals surface area contributed by atoms with Gasteiger partial charge in [-0.05, 0) is 24.3 Å². The van der Waals surface area contributed by atoms with E-state index in [0.717, 1.165) is 5.69 Å². The van der Waals surface area contributed by atoms with E-state index in [1.165, 1.54) is 7.11 Å². The fraction of sp³-hybridized carbons (Fsp3) is 0.118. The number of rotatable bonds is 5. The van der Waals surface area contributed by atoms with Gasteiger partial charge in [-0.15, -0.1) is 0 Å². The van der Waals surface area contributed by atoms with Crippen molar-refractivity contribution in [3.05, 3.63) is 64.9 Å². The first kappa shape index (κ1) is 16.0. The Morgan fingerprint density at radius 3 is 2.71 bits per heavy atom. The predicted octanol–water partition coefficient (Wildman–Crippen LogP) is 3.79. The van der Waals surface area contributed by atoms with Crippen LogP contribution in [0.1, 0.15) is 16.1 Å². The van der Waals surface area contributed by atoms with E-state index >= 15 is 0 Å². The highest BCUT2D eigenvalue weighted by molar-refractivity contribution is 6.30. The molecular formula is C17H14ClN3O3. The fourth-order valence-corrected chi connectivity index (χ4v) is 2.31. The summed E-state index contributed by atoms with van der Waals surface area (Å²) in [4.78, 5) is 16.4. The lowest BCUT2D eigenvalue weighted by atomic mass is 10.1. The van der Waals surface area contributed by atoms with Crippen LogP contribution in [-0.4, -0.2) is 23.2 Å². The van der Waals surface area contributed by atoms with E-state index in [2.05, 4.69) is 15.5 Å². The van der Waals surface area contributed by atoms with Crippen molar-refractivity contribution in [3.63, 3.8) is 0 Å². The van der Waals surface area contributed by atoms with Gasteiger partial charge in [0.05, 0.1) is 19.3 Å². The van der Waals surface area contributed by atoms with Crippen LogP contribution in [0.4, 0.5) is 5.88 Å². The summed E-state index contributed by atoms with van der Waals surface area (Å²) in [5.74, 6) is -0.304. The molecule has 0 bridgehead atoms. The highest BCUT2D eigenvalue weighted by atomic mass is 35.5. The van der Waals surface area contributed by atoms with Crippen molar-refractivity contribution in [3.8, 4) is 11.3 Å². The molecule has 0 aliphatic heterocycles. The largest absolute Gasteiger partial charge is 0.465 e. The van der Waals surface area contributed by atoms with Crippen LogP contribution in [0.2, 0.25) is 5.02 Å². The topological polar surface area (TPSA) is 77.2 Å². The molecule has 24 heavy (non-hydrogen) atoms. The van der Waals surface area contributed by atoms with Crippen LogP contribution in [0, 0.1) is 0 Å². The Hall–Kier alpha value is -2.86. The molecule has 7 heteroatoms. The summed E-state index contributed by atoms with van der Waals surface area (Å²) in [7, 11) is 1.31. The average Bonchev–Trinajstić information content (AvgIpc) is 3.05. The summed E-state index contributed by atoms with van der Waals surface area (Å²) in [5.41, 5.74) is 2.13. The zero-order valence-corrected chi connectivity index (χ0v) is 13.6. The smallest absolute Gasteiger partial charge is 0.345 e. The maximum absolute atomic E-state index is 12.2. The molecule has 0 spiro atoms. The number of methoxy groups -OCH3 is 1. The van der Waals surface area contributed by atoms with Gasteiger partial charge in [0.2, 0.25) is 5.88 Å². The Balaban J connectivity index is 1.92. The van der Waals surface area contributed by atoms with E-state index in [9.17, 15) is 4.79 Å². The van der Waals surface area contributed by atoms with Crippen molar-refractivity contribution in [1.82, 2.24) is 10.1 Å². The summed E-state index contributed by atoms with van der Waals surface area (Å²) in [6.45, 7) is 0.389. The van der Waals surface area contributed by atoms with E-state index in [-0.39, 0.29) is 11.4 Å². The van der Waals surface area contributed by atoms with Gasteiger partial charge < -0.3 is 14.6 Å². The van der Waals surface area contributed by atoms with Crippen LogP contribution in [0.3, 0.4) is 0 Å². The molecule has 3 rings (SSSR count). The van der Waals surface area contributed by atoms with E-state index in [1.54, 1.807) is 30.5 Å². The van der Waals surface area contributed by atoms with Crippen molar-refractivity contribution in [2.45, 2.75) is 6.54 Å². The van der Waals surface area contributed by atoms with Crippen LogP contribution in [-0.2, 0) is 11.3 Å². The molecular weight excluding hydrogens is 330 g/mol. The Morgan fingerprint density at radius 2 is 2.04 bits per heavy atom. The zero-order chi connectivity index (χ0) is 16.9. The van der Waals surface area contributed by atoms with Gasteiger partial charge in [0.1, 0.15) is 5.69 Å². The first-order valence-electron chi connectivity index (χ1n) is 7.16. The number of esters is 1. The van der Waals surface area contributed by atoms with Gasteiger partial charge in [-0.2, -0.15) is 0 Å². The number of benzene rings is 1. The molecule has 2 heterocycles. The van der Waals surface area contributed by atoms with Gasteiger partial charge in [0.25, 0.3) is 0 Å². The second-order valence-corrected chi connectivity index (χ2v) is 5.34. The summed E-state index contributed by atoms with van der Waals surface area (Å²) < 4.78 is 10.2. The number of carbonyl (C=O) groups excluding carboxylic acids is 1. The second kappa shape index (κ2) is 7.14. The second-order valence-electron chi connectivity index (χ2n) is 4.91. The Bertz CT molecular complexity index is 832. The molecule has 0 amide bonds. The molecule has 0 fully saturated rings. The third kappa shape index (κ3) is 3.38. The lowest BCUT2D eigenvalue weighted by Crippen LogP contribution is -2.08. The minimum atomic E-state index is -0.537. The number of nitrogens with one attached hydrogen (secondary N) is 1. The van der Waals surface area contributed by atoms with Gasteiger partial charge >= 0.3 is 5.97 Å². The van der Waals surface area contributed by atoms with Crippen molar-refractivity contribution in [1.29, 1.82) is 0 Å². The molecule has 1 N–H and O–H groups in total.